The SMILES string of the molecule is COc1cc(F)c(C2CCCN2)c(Br)c1O. The molecule has 3 nitrogen and oxygen atoms in total. The third-order valence-corrected chi connectivity index (χ3v) is 3.62. The second kappa shape index (κ2) is 4.59. The molecule has 1 aliphatic heterocycles. The lowest BCUT2D eigenvalue weighted by Gasteiger charge is -2.16. The Balaban J connectivity index is 2.48. The highest BCUT2D eigenvalue weighted by molar-refractivity contribution is 9.10. The van der Waals surface area contributed by atoms with Gasteiger partial charge in [0.25, 0.3) is 0 Å². The number of hydrogen-bond donors (Lipinski definition) is 2. The highest BCUT2D eigenvalue weighted by atomic mass is 79.9. The quantitative estimate of drug-likeness (QED) is 0.880. The molecule has 0 amide bonds. The summed E-state index contributed by atoms with van der Waals surface area (Å²) in [6.07, 6.45) is 1.89. The number of rotatable bonds is 2. The lowest BCUT2D eigenvalue weighted by atomic mass is 10.0. The first-order valence-corrected chi connectivity index (χ1v) is 5.92. The smallest absolute Gasteiger partial charge is 0.172 e. The largest absolute Gasteiger partial charge is 0.503 e. The molecule has 88 valence electrons. The molecular weight excluding hydrogens is 277 g/mol. The zero-order chi connectivity index (χ0) is 11.7. The zero-order valence-electron chi connectivity index (χ0n) is 8.89. The van der Waals surface area contributed by atoms with E-state index in [1.807, 2.05) is 0 Å². The van der Waals surface area contributed by atoms with Crippen LogP contribution in [0.4, 0.5) is 4.39 Å². The number of aromatic hydroxyl groups is 1. The van der Waals surface area contributed by atoms with Crippen LogP contribution in [0.15, 0.2) is 10.5 Å². The number of benzene rings is 1. The molecule has 1 unspecified atom stereocenters. The lowest BCUT2D eigenvalue weighted by Crippen LogP contribution is -2.15. The van der Waals surface area contributed by atoms with Crippen molar-refractivity contribution in [3.05, 3.63) is 21.9 Å². The highest BCUT2D eigenvalue weighted by Crippen LogP contribution is 2.42. The second-order valence-corrected chi connectivity index (χ2v) is 4.58. The first kappa shape index (κ1) is 11.7. The first-order valence-electron chi connectivity index (χ1n) is 5.13. The summed E-state index contributed by atoms with van der Waals surface area (Å²) in [5.74, 6) is -0.264. The minimum atomic E-state index is -0.360. The molecule has 1 fully saturated rings. The molecule has 5 heteroatoms. The minimum Gasteiger partial charge on any atom is -0.503 e. The number of methoxy groups -OCH3 is 1. The van der Waals surface area contributed by atoms with Crippen LogP contribution < -0.4 is 10.1 Å². The Labute approximate surface area is 102 Å². The molecule has 0 bridgehead atoms. The van der Waals surface area contributed by atoms with Gasteiger partial charge in [-0.15, -0.1) is 0 Å². The number of nitrogens with one attached hydrogen (secondary N) is 1. The van der Waals surface area contributed by atoms with Crippen molar-refractivity contribution in [2.24, 2.45) is 0 Å². The van der Waals surface area contributed by atoms with Crippen LogP contribution in [0, 0.1) is 5.82 Å². The third kappa shape index (κ3) is 1.89. The van der Waals surface area contributed by atoms with E-state index in [1.165, 1.54) is 13.2 Å². The highest BCUT2D eigenvalue weighted by Gasteiger charge is 2.25. The van der Waals surface area contributed by atoms with Gasteiger partial charge in [0.2, 0.25) is 0 Å². The van der Waals surface area contributed by atoms with Gasteiger partial charge in [0.1, 0.15) is 5.82 Å². The summed E-state index contributed by atoms with van der Waals surface area (Å²) in [6.45, 7) is 0.878. The van der Waals surface area contributed by atoms with Crippen LogP contribution >= 0.6 is 15.9 Å². The van der Waals surface area contributed by atoms with Gasteiger partial charge >= 0.3 is 0 Å². The van der Waals surface area contributed by atoms with Crippen LogP contribution in [0.3, 0.4) is 0 Å². The molecule has 0 aliphatic carbocycles. The van der Waals surface area contributed by atoms with Crippen LogP contribution in [-0.4, -0.2) is 18.8 Å². The van der Waals surface area contributed by atoms with Gasteiger partial charge in [-0.25, -0.2) is 4.39 Å². The molecule has 1 heterocycles. The molecular formula is C11H13BrFNO2. The lowest BCUT2D eigenvalue weighted by molar-refractivity contribution is 0.366. The fourth-order valence-electron chi connectivity index (χ4n) is 2.01. The maximum atomic E-state index is 13.9. The predicted molar refractivity (Wildman–Crippen MR) is 62.3 cm³/mol. The molecule has 1 aromatic rings. The molecule has 2 N–H and O–H groups in total. The summed E-state index contributed by atoms with van der Waals surface area (Å²) in [4.78, 5) is 0. The maximum Gasteiger partial charge on any atom is 0.172 e. The van der Waals surface area contributed by atoms with Gasteiger partial charge in [-0.2, -0.15) is 0 Å². The van der Waals surface area contributed by atoms with E-state index in [-0.39, 0.29) is 23.4 Å². The van der Waals surface area contributed by atoms with E-state index in [1.54, 1.807) is 0 Å². The summed E-state index contributed by atoms with van der Waals surface area (Å²) in [6, 6.07) is 1.18. The number of hydrogen-bond acceptors (Lipinski definition) is 3. The molecule has 1 saturated heterocycles. The van der Waals surface area contributed by atoms with Crippen LogP contribution in [0.2, 0.25) is 0 Å². The number of phenolic OH excluding ortho intramolecular Hbond substituents is 1. The van der Waals surface area contributed by atoms with Crippen molar-refractivity contribution in [3.8, 4) is 11.5 Å². The fraction of sp³-hybridized carbons (Fsp3) is 0.455. The van der Waals surface area contributed by atoms with Crippen molar-refractivity contribution in [1.82, 2.24) is 5.32 Å². The number of halogens is 2. The van der Waals surface area contributed by atoms with Gasteiger partial charge < -0.3 is 15.2 Å². The summed E-state index contributed by atoms with van der Waals surface area (Å²) < 4.78 is 19.1. The van der Waals surface area contributed by atoms with E-state index in [2.05, 4.69) is 21.2 Å². The van der Waals surface area contributed by atoms with E-state index in [9.17, 15) is 9.50 Å². The molecule has 16 heavy (non-hydrogen) atoms. The average molecular weight is 290 g/mol. The maximum absolute atomic E-state index is 13.9. The van der Waals surface area contributed by atoms with E-state index < -0.39 is 0 Å². The molecule has 0 saturated carbocycles. The van der Waals surface area contributed by atoms with Crippen molar-refractivity contribution in [2.45, 2.75) is 18.9 Å². The summed E-state index contributed by atoms with van der Waals surface area (Å²) >= 11 is 3.22. The van der Waals surface area contributed by atoms with Gasteiger partial charge in [0.15, 0.2) is 11.5 Å². The van der Waals surface area contributed by atoms with Crippen molar-refractivity contribution in [1.29, 1.82) is 0 Å². The third-order valence-electron chi connectivity index (χ3n) is 2.82. The minimum absolute atomic E-state index is 0.0359. The fourth-order valence-corrected chi connectivity index (χ4v) is 2.67. The molecule has 2 rings (SSSR count). The van der Waals surface area contributed by atoms with Crippen molar-refractivity contribution < 1.29 is 14.2 Å². The van der Waals surface area contributed by atoms with Gasteiger partial charge in [-0.3, -0.25) is 0 Å². The molecule has 0 aromatic heterocycles. The number of ether oxygens (including phenoxy) is 1. The van der Waals surface area contributed by atoms with Gasteiger partial charge in [0.05, 0.1) is 11.6 Å². The molecule has 0 radical (unpaired) electrons. The summed E-state index contributed by atoms with van der Waals surface area (Å²) in [5.41, 5.74) is 0.482. The Morgan fingerprint density at radius 2 is 2.38 bits per heavy atom. The second-order valence-electron chi connectivity index (χ2n) is 3.79. The van der Waals surface area contributed by atoms with Gasteiger partial charge in [-0.05, 0) is 35.3 Å². The topological polar surface area (TPSA) is 41.5 Å². The van der Waals surface area contributed by atoms with Crippen molar-refractivity contribution >= 4 is 15.9 Å². The summed E-state index contributed by atoms with van der Waals surface area (Å²) in [7, 11) is 1.40. The summed E-state index contributed by atoms with van der Waals surface area (Å²) in [5, 5.41) is 13.0. The predicted octanol–water partition coefficient (Wildman–Crippen LogP) is 2.73. The van der Waals surface area contributed by atoms with Gasteiger partial charge in [0, 0.05) is 17.7 Å². The van der Waals surface area contributed by atoms with E-state index in [0.717, 1.165) is 19.4 Å². The zero-order valence-corrected chi connectivity index (χ0v) is 10.5. The Kier molecular flexibility index (Phi) is 3.35. The first-order chi connectivity index (χ1) is 7.65. The van der Waals surface area contributed by atoms with Crippen molar-refractivity contribution in [2.75, 3.05) is 13.7 Å². The normalized spacial score (nSPS) is 20.1. The van der Waals surface area contributed by atoms with E-state index in [0.29, 0.717) is 10.0 Å². The Bertz CT molecular complexity index is 405. The average Bonchev–Trinajstić information content (AvgIpc) is 2.77. The van der Waals surface area contributed by atoms with Crippen LogP contribution in [0.25, 0.3) is 0 Å². The Hall–Kier alpha value is -0.810. The molecule has 1 atom stereocenters. The van der Waals surface area contributed by atoms with Crippen LogP contribution in [-0.2, 0) is 0 Å². The Morgan fingerprint density at radius 3 is 2.94 bits per heavy atom. The standard InChI is InChI=1S/C11H13BrFNO2/c1-16-8-5-6(13)9(10(12)11(8)15)7-3-2-4-14-7/h5,7,14-15H,2-4H2,1H3. The van der Waals surface area contributed by atoms with Crippen LogP contribution in [0.1, 0.15) is 24.4 Å². The molecule has 1 aromatic carbocycles. The van der Waals surface area contributed by atoms with E-state index >= 15 is 0 Å². The van der Waals surface area contributed by atoms with Crippen molar-refractivity contribution in [3.63, 3.8) is 0 Å². The Morgan fingerprint density at radius 1 is 1.62 bits per heavy atom. The monoisotopic (exact) mass is 289 g/mol. The van der Waals surface area contributed by atoms with E-state index in [4.69, 9.17) is 4.74 Å². The molecule has 0 spiro atoms. The van der Waals surface area contributed by atoms with Gasteiger partial charge in [-0.1, -0.05) is 0 Å². The number of phenols is 1. The van der Waals surface area contributed by atoms with Crippen LogP contribution in [0.5, 0.6) is 11.5 Å². The molecule has 1 aliphatic rings.